The molecule has 6 heteroatoms. The third-order valence-electron chi connectivity index (χ3n) is 1.72. The van der Waals surface area contributed by atoms with E-state index in [4.69, 9.17) is 18.9 Å². The zero-order valence-corrected chi connectivity index (χ0v) is 11.9. The number of alkyl halides is 1. The van der Waals surface area contributed by atoms with E-state index < -0.39 is 0 Å². The predicted octanol–water partition coefficient (Wildman–Crippen LogP) is 1.38. The highest BCUT2D eigenvalue weighted by molar-refractivity contribution is 9.09. The maximum absolute atomic E-state index is 10.9. The Bertz CT molecular complexity index is 177. The molecule has 0 aliphatic heterocycles. The minimum absolute atomic E-state index is 0.225. The van der Waals surface area contributed by atoms with E-state index in [-0.39, 0.29) is 5.97 Å². The van der Waals surface area contributed by atoms with Crippen LogP contribution < -0.4 is 0 Å². The van der Waals surface area contributed by atoms with Crippen molar-refractivity contribution in [1.82, 2.24) is 0 Å². The summed E-state index contributed by atoms with van der Waals surface area (Å²) in [5.41, 5.74) is 0. The van der Waals surface area contributed by atoms with Gasteiger partial charge in [-0.3, -0.25) is 4.79 Å². The molecular weight excluding hydrogens is 292 g/mol. The first-order valence-corrected chi connectivity index (χ1v) is 6.88. The van der Waals surface area contributed by atoms with Gasteiger partial charge in [0.05, 0.1) is 52.7 Å². The Kier molecular flexibility index (Phi) is 13.8. The molecule has 0 aliphatic carbocycles. The molecule has 5 nitrogen and oxygen atoms in total. The van der Waals surface area contributed by atoms with Gasteiger partial charge in [-0.2, -0.15) is 0 Å². The SMILES string of the molecule is CCOC(=O)CCOCCOCCOCCBr. The Labute approximate surface area is 111 Å². The zero-order chi connectivity index (χ0) is 12.8. The summed E-state index contributed by atoms with van der Waals surface area (Å²) in [6.45, 7) is 5.42. The van der Waals surface area contributed by atoms with Crippen LogP contribution in [0.4, 0.5) is 0 Å². The van der Waals surface area contributed by atoms with Crippen molar-refractivity contribution in [2.24, 2.45) is 0 Å². The fourth-order valence-corrected chi connectivity index (χ4v) is 1.21. The lowest BCUT2D eigenvalue weighted by Gasteiger charge is -2.06. The van der Waals surface area contributed by atoms with E-state index in [1.807, 2.05) is 0 Å². The number of hydrogen-bond acceptors (Lipinski definition) is 5. The summed E-state index contributed by atoms with van der Waals surface area (Å²) >= 11 is 3.26. The summed E-state index contributed by atoms with van der Waals surface area (Å²) in [5.74, 6) is -0.225. The van der Waals surface area contributed by atoms with Crippen molar-refractivity contribution in [1.29, 1.82) is 0 Å². The Morgan fingerprint density at radius 1 is 0.941 bits per heavy atom. The van der Waals surface area contributed by atoms with Gasteiger partial charge in [-0.05, 0) is 6.92 Å². The van der Waals surface area contributed by atoms with Crippen LogP contribution in [0, 0.1) is 0 Å². The lowest BCUT2D eigenvalue weighted by atomic mass is 10.5. The topological polar surface area (TPSA) is 54.0 Å². The number of esters is 1. The van der Waals surface area contributed by atoms with Crippen LogP contribution in [0.2, 0.25) is 0 Å². The molecule has 0 heterocycles. The van der Waals surface area contributed by atoms with E-state index in [0.717, 1.165) is 5.33 Å². The average molecular weight is 313 g/mol. The normalized spacial score (nSPS) is 10.5. The Balaban J connectivity index is 3.01. The van der Waals surface area contributed by atoms with Gasteiger partial charge < -0.3 is 18.9 Å². The molecule has 0 aromatic rings. The standard InChI is InChI=1S/C11H21BrO5/c1-2-17-11(13)3-5-14-7-9-16-10-8-15-6-4-12/h2-10H2,1H3. The second-order valence-corrected chi connectivity index (χ2v) is 3.87. The van der Waals surface area contributed by atoms with Gasteiger partial charge >= 0.3 is 5.97 Å². The molecular formula is C11H21BrO5. The molecule has 0 rings (SSSR count). The van der Waals surface area contributed by atoms with Gasteiger partial charge in [-0.15, -0.1) is 0 Å². The molecule has 17 heavy (non-hydrogen) atoms. The molecule has 102 valence electrons. The maximum Gasteiger partial charge on any atom is 0.308 e. The first kappa shape index (κ1) is 16.8. The first-order chi connectivity index (χ1) is 8.31. The molecule has 0 bridgehead atoms. The summed E-state index contributed by atoms with van der Waals surface area (Å²) in [6.07, 6.45) is 0.294. The van der Waals surface area contributed by atoms with E-state index in [2.05, 4.69) is 15.9 Å². The van der Waals surface area contributed by atoms with Crippen LogP contribution in [0.5, 0.6) is 0 Å². The van der Waals surface area contributed by atoms with Crippen LogP contribution in [0.3, 0.4) is 0 Å². The van der Waals surface area contributed by atoms with Crippen LogP contribution in [0.25, 0.3) is 0 Å². The molecule has 0 saturated carbocycles. The minimum atomic E-state index is -0.225. The molecule has 0 aromatic heterocycles. The van der Waals surface area contributed by atoms with Crippen LogP contribution in [0.1, 0.15) is 13.3 Å². The van der Waals surface area contributed by atoms with E-state index in [1.165, 1.54) is 0 Å². The van der Waals surface area contributed by atoms with Gasteiger partial charge in [0, 0.05) is 5.33 Å². The van der Waals surface area contributed by atoms with Crippen molar-refractivity contribution in [3.8, 4) is 0 Å². The van der Waals surface area contributed by atoms with Crippen LogP contribution in [-0.2, 0) is 23.7 Å². The quantitative estimate of drug-likeness (QED) is 0.310. The Hall–Kier alpha value is -0.170. The summed E-state index contributed by atoms with van der Waals surface area (Å²) in [7, 11) is 0. The van der Waals surface area contributed by atoms with Crippen molar-refractivity contribution in [2.45, 2.75) is 13.3 Å². The highest BCUT2D eigenvalue weighted by Crippen LogP contribution is 1.88. The number of carbonyl (C=O) groups is 1. The van der Waals surface area contributed by atoms with E-state index in [0.29, 0.717) is 52.7 Å². The molecule has 0 unspecified atom stereocenters. The minimum Gasteiger partial charge on any atom is -0.466 e. The fraction of sp³-hybridized carbons (Fsp3) is 0.909. The molecule has 0 saturated heterocycles. The maximum atomic E-state index is 10.9. The van der Waals surface area contributed by atoms with Gasteiger partial charge in [-0.25, -0.2) is 0 Å². The number of ether oxygens (including phenoxy) is 4. The third kappa shape index (κ3) is 13.8. The predicted molar refractivity (Wildman–Crippen MR) is 67.5 cm³/mol. The average Bonchev–Trinajstić information content (AvgIpc) is 2.32. The molecule has 0 radical (unpaired) electrons. The monoisotopic (exact) mass is 312 g/mol. The van der Waals surface area contributed by atoms with Gasteiger partial charge in [0.25, 0.3) is 0 Å². The van der Waals surface area contributed by atoms with Gasteiger partial charge in [0.1, 0.15) is 0 Å². The van der Waals surface area contributed by atoms with Gasteiger partial charge in [-0.1, -0.05) is 15.9 Å². The van der Waals surface area contributed by atoms with Crippen LogP contribution in [0.15, 0.2) is 0 Å². The number of carbonyl (C=O) groups excluding carboxylic acids is 1. The van der Waals surface area contributed by atoms with Gasteiger partial charge in [0.2, 0.25) is 0 Å². The van der Waals surface area contributed by atoms with Crippen molar-refractivity contribution < 1.29 is 23.7 Å². The van der Waals surface area contributed by atoms with Crippen LogP contribution >= 0.6 is 15.9 Å². The highest BCUT2D eigenvalue weighted by Gasteiger charge is 2.00. The number of rotatable bonds is 12. The highest BCUT2D eigenvalue weighted by atomic mass is 79.9. The number of hydrogen-bond donors (Lipinski definition) is 0. The smallest absolute Gasteiger partial charge is 0.308 e. The molecule has 0 spiro atoms. The van der Waals surface area contributed by atoms with Crippen molar-refractivity contribution >= 4 is 21.9 Å². The van der Waals surface area contributed by atoms with Gasteiger partial charge in [0.15, 0.2) is 0 Å². The van der Waals surface area contributed by atoms with Crippen molar-refractivity contribution in [3.63, 3.8) is 0 Å². The summed E-state index contributed by atoms with van der Waals surface area (Å²) in [5, 5.41) is 0.837. The van der Waals surface area contributed by atoms with E-state index >= 15 is 0 Å². The fourth-order valence-electron chi connectivity index (χ4n) is 0.985. The van der Waals surface area contributed by atoms with Crippen LogP contribution in [-0.4, -0.2) is 57.5 Å². The van der Waals surface area contributed by atoms with E-state index in [1.54, 1.807) is 6.92 Å². The second-order valence-electron chi connectivity index (χ2n) is 3.08. The Morgan fingerprint density at radius 3 is 2.00 bits per heavy atom. The molecule has 0 amide bonds. The second kappa shape index (κ2) is 13.9. The summed E-state index contributed by atoms with van der Waals surface area (Å²) in [4.78, 5) is 10.9. The third-order valence-corrected chi connectivity index (χ3v) is 2.05. The molecule has 0 atom stereocenters. The zero-order valence-electron chi connectivity index (χ0n) is 10.3. The molecule has 0 fully saturated rings. The van der Waals surface area contributed by atoms with Crippen molar-refractivity contribution in [2.75, 3.05) is 51.6 Å². The number of halogens is 1. The lowest BCUT2D eigenvalue weighted by molar-refractivity contribution is -0.144. The summed E-state index contributed by atoms with van der Waals surface area (Å²) < 4.78 is 20.4. The molecule has 0 aliphatic rings. The summed E-state index contributed by atoms with van der Waals surface area (Å²) in [6, 6.07) is 0. The largest absolute Gasteiger partial charge is 0.466 e. The van der Waals surface area contributed by atoms with E-state index in [9.17, 15) is 4.79 Å². The first-order valence-electron chi connectivity index (χ1n) is 5.76. The molecule has 0 aromatic carbocycles. The van der Waals surface area contributed by atoms with Crippen molar-refractivity contribution in [3.05, 3.63) is 0 Å². The Morgan fingerprint density at radius 2 is 1.47 bits per heavy atom. The molecule has 0 N–H and O–H groups in total. The lowest BCUT2D eigenvalue weighted by Crippen LogP contribution is -2.12.